The van der Waals surface area contributed by atoms with Crippen molar-refractivity contribution in [3.05, 3.63) is 0 Å². The van der Waals surface area contributed by atoms with E-state index in [0.29, 0.717) is 24.8 Å². The number of alkyl halides is 6. The van der Waals surface area contributed by atoms with Crippen LogP contribution in [0.4, 0.5) is 22.0 Å². The van der Waals surface area contributed by atoms with E-state index in [1.54, 1.807) is 0 Å². The lowest BCUT2D eigenvalue weighted by molar-refractivity contribution is -0.174. The molecule has 0 aliphatic heterocycles. The standard InChI is InChI=1S/C9H15BrF5NO/c10-2-4-16(6-8(11)12)3-1-5-17-7-9(13,14)15/h8H,1-7H2. The first-order valence-corrected chi connectivity index (χ1v) is 6.18. The molecule has 0 aromatic heterocycles. The number of hydrogen-bond donors (Lipinski definition) is 0. The largest absolute Gasteiger partial charge is 0.411 e. The lowest BCUT2D eigenvalue weighted by Crippen LogP contribution is -2.32. The SMILES string of the molecule is FC(F)CN(CCBr)CCCOCC(F)(F)F. The minimum atomic E-state index is -4.33. The lowest BCUT2D eigenvalue weighted by atomic mass is 10.4. The van der Waals surface area contributed by atoms with Crippen molar-refractivity contribution in [2.24, 2.45) is 0 Å². The maximum Gasteiger partial charge on any atom is 0.411 e. The third-order valence-electron chi connectivity index (χ3n) is 1.83. The summed E-state index contributed by atoms with van der Waals surface area (Å²) in [4.78, 5) is 1.48. The third-order valence-corrected chi connectivity index (χ3v) is 2.18. The molecular formula is C9H15BrF5NO. The van der Waals surface area contributed by atoms with Gasteiger partial charge in [0.05, 0.1) is 6.54 Å². The van der Waals surface area contributed by atoms with Gasteiger partial charge in [-0.25, -0.2) is 8.78 Å². The van der Waals surface area contributed by atoms with E-state index in [1.807, 2.05) is 0 Å². The number of ether oxygens (including phenoxy) is 1. The van der Waals surface area contributed by atoms with Crippen LogP contribution >= 0.6 is 15.9 Å². The molecule has 0 saturated heterocycles. The van der Waals surface area contributed by atoms with Crippen molar-refractivity contribution in [1.29, 1.82) is 0 Å². The molecule has 0 unspecified atom stereocenters. The van der Waals surface area contributed by atoms with E-state index in [2.05, 4.69) is 20.7 Å². The molecule has 0 aliphatic rings. The zero-order chi connectivity index (χ0) is 13.3. The Kier molecular flexibility index (Phi) is 9.07. The maximum absolute atomic E-state index is 12.1. The summed E-state index contributed by atoms with van der Waals surface area (Å²) >= 11 is 3.12. The third kappa shape index (κ3) is 12.3. The highest BCUT2D eigenvalue weighted by molar-refractivity contribution is 9.09. The Morgan fingerprint density at radius 1 is 1.18 bits per heavy atom. The molecule has 0 aliphatic carbocycles. The molecule has 0 N–H and O–H groups in total. The quantitative estimate of drug-likeness (QED) is 0.367. The van der Waals surface area contributed by atoms with Crippen molar-refractivity contribution in [3.8, 4) is 0 Å². The monoisotopic (exact) mass is 327 g/mol. The van der Waals surface area contributed by atoms with Gasteiger partial charge in [0.25, 0.3) is 6.43 Å². The fraction of sp³-hybridized carbons (Fsp3) is 1.00. The second kappa shape index (κ2) is 9.04. The van der Waals surface area contributed by atoms with Crippen LogP contribution in [0, 0.1) is 0 Å². The zero-order valence-corrected chi connectivity index (χ0v) is 10.7. The second-order valence-corrected chi connectivity index (χ2v) is 4.19. The summed E-state index contributed by atoms with van der Waals surface area (Å²) in [5, 5.41) is 0.545. The summed E-state index contributed by atoms with van der Waals surface area (Å²) in [7, 11) is 0. The highest BCUT2D eigenvalue weighted by Gasteiger charge is 2.27. The van der Waals surface area contributed by atoms with Gasteiger partial charge in [-0.2, -0.15) is 13.2 Å². The molecule has 8 heteroatoms. The molecule has 0 aromatic rings. The summed E-state index contributed by atoms with van der Waals surface area (Å²) < 4.78 is 63.7. The molecule has 2 nitrogen and oxygen atoms in total. The average molecular weight is 328 g/mol. The molecule has 0 saturated carbocycles. The van der Waals surface area contributed by atoms with Crippen LogP contribution in [0.5, 0.6) is 0 Å². The molecule has 0 amide bonds. The number of halogens is 6. The Morgan fingerprint density at radius 2 is 1.82 bits per heavy atom. The van der Waals surface area contributed by atoms with Crippen molar-refractivity contribution in [2.45, 2.75) is 19.0 Å². The molecule has 0 rings (SSSR count). The summed E-state index contributed by atoms with van der Waals surface area (Å²) in [6.07, 6.45) is -6.47. The molecule has 104 valence electrons. The molecule has 0 spiro atoms. The fourth-order valence-corrected chi connectivity index (χ4v) is 1.69. The maximum atomic E-state index is 12.1. The Morgan fingerprint density at radius 3 is 2.29 bits per heavy atom. The Balaban J connectivity index is 3.60. The number of hydrogen-bond acceptors (Lipinski definition) is 2. The van der Waals surface area contributed by atoms with E-state index in [0.717, 1.165) is 0 Å². The molecule has 0 atom stereocenters. The summed E-state index contributed by atoms with van der Waals surface area (Å²) in [5.74, 6) is 0. The number of nitrogens with zero attached hydrogens (tertiary/aromatic N) is 1. The predicted molar refractivity (Wildman–Crippen MR) is 57.7 cm³/mol. The highest BCUT2D eigenvalue weighted by atomic mass is 79.9. The Hall–Kier alpha value is 0.0500. The summed E-state index contributed by atoms with van der Waals surface area (Å²) in [6.45, 7) is -1.01. The predicted octanol–water partition coefficient (Wildman–Crippen LogP) is 2.92. The average Bonchev–Trinajstić information content (AvgIpc) is 2.14. The van der Waals surface area contributed by atoms with E-state index >= 15 is 0 Å². The Bertz CT molecular complexity index is 191. The van der Waals surface area contributed by atoms with Gasteiger partial charge in [-0.3, -0.25) is 4.90 Å². The van der Waals surface area contributed by atoms with Crippen molar-refractivity contribution in [1.82, 2.24) is 4.90 Å². The molecular weight excluding hydrogens is 313 g/mol. The van der Waals surface area contributed by atoms with Gasteiger partial charge in [0.2, 0.25) is 0 Å². The molecule has 0 radical (unpaired) electrons. The van der Waals surface area contributed by atoms with Gasteiger partial charge in [-0.05, 0) is 6.42 Å². The van der Waals surface area contributed by atoms with Crippen molar-refractivity contribution in [3.63, 3.8) is 0 Å². The summed E-state index contributed by atoms with van der Waals surface area (Å²) in [6, 6.07) is 0. The van der Waals surface area contributed by atoms with Gasteiger partial charge in [0.15, 0.2) is 0 Å². The minimum Gasteiger partial charge on any atom is -0.372 e. The molecule has 0 fully saturated rings. The van der Waals surface area contributed by atoms with Crippen LogP contribution in [0.1, 0.15) is 6.42 Å². The minimum absolute atomic E-state index is 0.0818. The van der Waals surface area contributed by atoms with E-state index < -0.39 is 19.2 Å². The van der Waals surface area contributed by atoms with E-state index in [9.17, 15) is 22.0 Å². The van der Waals surface area contributed by atoms with Crippen molar-refractivity contribution >= 4 is 15.9 Å². The van der Waals surface area contributed by atoms with E-state index in [1.165, 1.54) is 4.90 Å². The molecule has 0 bridgehead atoms. The van der Waals surface area contributed by atoms with Crippen LogP contribution in [0.15, 0.2) is 0 Å². The number of rotatable bonds is 9. The van der Waals surface area contributed by atoms with Gasteiger partial charge in [-0.15, -0.1) is 0 Å². The first-order valence-electron chi connectivity index (χ1n) is 5.06. The van der Waals surface area contributed by atoms with E-state index in [-0.39, 0.29) is 13.2 Å². The fourth-order valence-electron chi connectivity index (χ4n) is 1.19. The topological polar surface area (TPSA) is 12.5 Å². The molecule has 0 heterocycles. The van der Waals surface area contributed by atoms with Crippen LogP contribution < -0.4 is 0 Å². The van der Waals surface area contributed by atoms with Crippen molar-refractivity contribution in [2.75, 3.05) is 38.2 Å². The molecule has 0 aromatic carbocycles. The van der Waals surface area contributed by atoms with Crippen molar-refractivity contribution < 1.29 is 26.7 Å². The second-order valence-electron chi connectivity index (χ2n) is 3.40. The Labute approximate surface area is 105 Å². The van der Waals surface area contributed by atoms with Gasteiger partial charge >= 0.3 is 6.18 Å². The van der Waals surface area contributed by atoms with Crippen LogP contribution in [-0.4, -0.2) is 55.7 Å². The highest BCUT2D eigenvalue weighted by Crippen LogP contribution is 2.14. The van der Waals surface area contributed by atoms with Gasteiger partial charge in [0.1, 0.15) is 6.61 Å². The van der Waals surface area contributed by atoms with Crippen LogP contribution in [0.3, 0.4) is 0 Å². The normalized spacial score (nSPS) is 12.7. The first-order chi connectivity index (χ1) is 7.85. The van der Waals surface area contributed by atoms with Gasteiger partial charge in [-0.1, -0.05) is 15.9 Å². The smallest absolute Gasteiger partial charge is 0.372 e. The van der Waals surface area contributed by atoms with Crippen LogP contribution in [-0.2, 0) is 4.74 Å². The van der Waals surface area contributed by atoms with E-state index in [4.69, 9.17) is 0 Å². The first kappa shape index (κ1) is 17.1. The van der Waals surface area contributed by atoms with Crippen LogP contribution in [0.25, 0.3) is 0 Å². The summed E-state index contributed by atoms with van der Waals surface area (Å²) in [5.41, 5.74) is 0. The van der Waals surface area contributed by atoms with Gasteiger partial charge in [0, 0.05) is 25.0 Å². The zero-order valence-electron chi connectivity index (χ0n) is 9.15. The molecule has 17 heavy (non-hydrogen) atoms. The van der Waals surface area contributed by atoms with Gasteiger partial charge < -0.3 is 4.74 Å². The van der Waals surface area contributed by atoms with Crippen LogP contribution in [0.2, 0.25) is 0 Å². The lowest BCUT2D eigenvalue weighted by Gasteiger charge is -2.20.